The largest absolute Gasteiger partial charge is 0.490 e. The van der Waals surface area contributed by atoms with Gasteiger partial charge in [-0.3, -0.25) is 0 Å². The molecule has 1 aromatic carbocycles. The molecule has 1 aromatic rings. The quantitative estimate of drug-likeness (QED) is 0.571. The molecule has 1 nitrogen and oxygen atoms in total. The first-order valence-electron chi connectivity index (χ1n) is 9.28. The Morgan fingerprint density at radius 3 is 2.46 bits per heavy atom. The van der Waals surface area contributed by atoms with E-state index in [2.05, 4.69) is 18.8 Å². The molecule has 1 fully saturated rings. The van der Waals surface area contributed by atoms with E-state index in [0.717, 1.165) is 25.2 Å². The fourth-order valence-electron chi connectivity index (χ4n) is 3.22. The van der Waals surface area contributed by atoms with E-state index >= 15 is 0 Å². The summed E-state index contributed by atoms with van der Waals surface area (Å²) in [5, 5.41) is 0. The Balaban J connectivity index is 1.95. The number of unbranched alkanes of at least 4 members (excludes halogenated alkanes) is 1. The molecule has 0 spiro atoms. The van der Waals surface area contributed by atoms with Crippen LogP contribution in [0.4, 0.5) is 8.78 Å². The van der Waals surface area contributed by atoms with Gasteiger partial charge in [0.15, 0.2) is 11.6 Å². The van der Waals surface area contributed by atoms with Crippen LogP contribution in [-0.2, 0) is 0 Å². The standard InChI is InChI=1S/C21H28F2O/c1-3-5-6-16-7-9-17(10-8-16)11-12-18-13-14-19(24-15-4-2)21(23)20(18)22/h13-14,16-17H,3-10,15H2,1-2H3/t16-,17-. The molecule has 24 heavy (non-hydrogen) atoms. The van der Waals surface area contributed by atoms with E-state index in [0.29, 0.717) is 12.5 Å². The van der Waals surface area contributed by atoms with Crippen LogP contribution in [0.2, 0.25) is 0 Å². The summed E-state index contributed by atoms with van der Waals surface area (Å²) in [5.41, 5.74) is 0.129. The molecule has 0 heterocycles. The first-order valence-corrected chi connectivity index (χ1v) is 9.28. The van der Waals surface area contributed by atoms with Crippen LogP contribution in [0.25, 0.3) is 0 Å². The summed E-state index contributed by atoms with van der Waals surface area (Å²) < 4.78 is 33.2. The number of halogens is 2. The zero-order valence-electron chi connectivity index (χ0n) is 14.8. The number of hydrogen-bond acceptors (Lipinski definition) is 1. The van der Waals surface area contributed by atoms with Crippen LogP contribution in [0.3, 0.4) is 0 Å². The number of rotatable bonds is 6. The second-order valence-electron chi connectivity index (χ2n) is 6.72. The average molecular weight is 334 g/mol. The zero-order chi connectivity index (χ0) is 17.4. The lowest BCUT2D eigenvalue weighted by molar-refractivity contribution is 0.295. The lowest BCUT2D eigenvalue weighted by Crippen LogP contribution is -2.13. The van der Waals surface area contributed by atoms with Crippen molar-refractivity contribution in [2.24, 2.45) is 11.8 Å². The van der Waals surface area contributed by atoms with Crippen LogP contribution in [0, 0.1) is 35.3 Å². The molecule has 0 bridgehead atoms. The van der Waals surface area contributed by atoms with Crippen LogP contribution >= 0.6 is 0 Å². The van der Waals surface area contributed by atoms with Crippen LogP contribution in [0.1, 0.15) is 70.8 Å². The second-order valence-corrected chi connectivity index (χ2v) is 6.72. The van der Waals surface area contributed by atoms with Gasteiger partial charge >= 0.3 is 0 Å². The van der Waals surface area contributed by atoms with Gasteiger partial charge in [0.05, 0.1) is 12.2 Å². The molecule has 1 aliphatic carbocycles. The topological polar surface area (TPSA) is 9.23 Å². The highest BCUT2D eigenvalue weighted by Gasteiger charge is 2.19. The highest BCUT2D eigenvalue weighted by Crippen LogP contribution is 2.31. The van der Waals surface area contributed by atoms with Gasteiger partial charge in [-0.25, -0.2) is 4.39 Å². The van der Waals surface area contributed by atoms with Gasteiger partial charge < -0.3 is 4.74 Å². The van der Waals surface area contributed by atoms with Crippen LogP contribution < -0.4 is 4.74 Å². The van der Waals surface area contributed by atoms with Gasteiger partial charge in [0.2, 0.25) is 5.82 Å². The first kappa shape index (κ1) is 18.8. The molecule has 0 atom stereocenters. The minimum absolute atomic E-state index is 0.0312. The molecule has 0 radical (unpaired) electrons. The monoisotopic (exact) mass is 334 g/mol. The van der Waals surface area contributed by atoms with E-state index in [4.69, 9.17) is 4.74 Å². The molecule has 1 aliphatic rings. The van der Waals surface area contributed by atoms with Crippen molar-refractivity contribution in [1.29, 1.82) is 0 Å². The summed E-state index contributed by atoms with van der Waals surface area (Å²) in [4.78, 5) is 0. The van der Waals surface area contributed by atoms with Gasteiger partial charge in [0.1, 0.15) is 0 Å². The number of benzene rings is 1. The lowest BCUT2D eigenvalue weighted by atomic mass is 9.80. The van der Waals surface area contributed by atoms with E-state index < -0.39 is 11.6 Å². The molecule has 0 N–H and O–H groups in total. The van der Waals surface area contributed by atoms with Crippen LogP contribution in [0.15, 0.2) is 12.1 Å². The van der Waals surface area contributed by atoms with Gasteiger partial charge in [0, 0.05) is 5.92 Å². The zero-order valence-corrected chi connectivity index (χ0v) is 14.8. The molecule has 2 rings (SSSR count). The van der Waals surface area contributed by atoms with E-state index in [1.807, 2.05) is 6.92 Å². The summed E-state index contributed by atoms with van der Waals surface area (Å²) in [6.07, 6.45) is 9.19. The Bertz CT molecular complexity index is 577. The Morgan fingerprint density at radius 2 is 1.79 bits per heavy atom. The first-order chi connectivity index (χ1) is 11.7. The third-order valence-electron chi connectivity index (χ3n) is 4.73. The molecular formula is C21H28F2O. The van der Waals surface area contributed by atoms with Crippen molar-refractivity contribution in [2.45, 2.75) is 65.2 Å². The molecule has 0 unspecified atom stereocenters. The van der Waals surface area contributed by atoms with Gasteiger partial charge in [-0.15, -0.1) is 0 Å². The summed E-state index contributed by atoms with van der Waals surface area (Å²) >= 11 is 0. The maximum Gasteiger partial charge on any atom is 0.201 e. The fourth-order valence-corrected chi connectivity index (χ4v) is 3.22. The van der Waals surface area contributed by atoms with Crippen molar-refractivity contribution in [1.82, 2.24) is 0 Å². The number of ether oxygens (including phenoxy) is 1. The second kappa shape index (κ2) is 9.67. The van der Waals surface area contributed by atoms with Crippen molar-refractivity contribution < 1.29 is 13.5 Å². The normalized spacial score (nSPS) is 20.3. The maximum atomic E-state index is 14.1. The van der Waals surface area contributed by atoms with Gasteiger partial charge in [0.25, 0.3) is 0 Å². The molecule has 1 saturated carbocycles. The van der Waals surface area contributed by atoms with Crippen LogP contribution in [0.5, 0.6) is 5.75 Å². The molecule has 132 valence electrons. The van der Waals surface area contributed by atoms with Crippen molar-refractivity contribution in [3.63, 3.8) is 0 Å². The predicted octanol–water partition coefficient (Wildman–Crippen LogP) is 6.10. The van der Waals surface area contributed by atoms with Crippen LogP contribution in [-0.4, -0.2) is 6.61 Å². The molecular weight excluding hydrogens is 306 g/mol. The maximum absolute atomic E-state index is 14.1. The Morgan fingerprint density at radius 1 is 1.04 bits per heavy atom. The molecule has 3 heteroatoms. The molecule has 0 aromatic heterocycles. The summed E-state index contributed by atoms with van der Waals surface area (Å²) in [7, 11) is 0. The van der Waals surface area contributed by atoms with Gasteiger partial charge in [-0.05, 0) is 50.2 Å². The predicted molar refractivity (Wildman–Crippen MR) is 94.0 cm³/mol. The average Bonchev–Trinajstić information content (AvgIpc) is 2.61. The number of hydrogen-bond donors (Lipinski definition) is 0. The SMILES string of the molecule is CCCC[C@H]1CC[C@H](C#Cc2ccc(OCCC)c(F)c2F)CC1. The van der Waals surface area contributed by atoms with E-state index in [1.165, 1.54) is 44.2 Å². The van der Waals surface area contributed by atoms with E-state index in [9.17, 15) is 8.78 Å². The summed E-state index contributed by atoms with van der Waals surface area (Å²) in [5.74, 6) is 5.27. The Kier molecular flexibility index (Phi) is 7.56. The Hall–Kier alpha value is -1.56. The molecule has 0 aliphatic heterocycles. The fraction of sp³-hybridized carbons (Fsp3) is 0.619. The third-order valence-corrected chi connectivity index (χ3v) is 4.73. The smallest absolute Gasteiger partial charge is 0.201 e. The third kappa shape index (κ3) is 5.23. The molecule has 0 saturated heterocycles. The summed E-state index contributed by atoms with van der Waals surface area (Å²) in [6.45, 7) is 4.52. The van der Waals surface area contributed by atoms with Gasteiger partial charge in [-0.2, -0.15) is 4.39 Å². The summed E-state index contributed by atoms with van der Waals surface area (Å²) in [6, 6.07) is 2.99. The van der Waals surface area contributed by atoms with E-state index in [-0.39, 0.29) is 11.3 Å². The van der Waals surface area contributed by atoms with Gasteiger partial charge in [-0.1, -0.05) is 45.0 Å². The Labute approximate surface area is 144 Å². The highest BCUT2D eigenvalue weighted by molar-refractivity contribution is 5.41. The van der Waals surface area contributed by atoms with Crippen molar-refractivity contribution in [3.8, 4) is 17.6 Å². The van der Waals surface area contributed by atoms with E-state index in [1.54, 1.807) is 0 Å². The highest BCUT2D eigenvalue weighted by atomic mass is 19.2. The minimum atomic E-state index is -0.932. The van der Waals surface area contributed by atoms with Crippen molar-refractivity contribution >= 4 is 0 Å². The van der Waals surface area contributed by atoms with Crippen molar-refractivity contribution in [3.05, 3.63) is 29.3 Å². The molecule has 0 amide bonds. The minimum Gasteiger partial charge on any atom is -0.490 e. The lowest BCUT2D eigenvalue weighted by Gasteiger charge is -2.25. The van der Waals surface area contributed by atoms with Crippen molar-refractivity contribution in [2.75, 3.05) is 6.61 Å².